The average Bonchev–Trinajstić information content (AvgIpc) is 3.11. The van der Waals surface area contributed by atoms with Gasteiger partial charge in [-0.2, -0.15) is 0 Å². The number of methoxy groups -OCH3 is 1. The first-order valence-corrected chi connectivity index (χ1v) is 8.43. The molecule has 4 rings (SSSR count). The molecule has 7 heteroatoms. The third kappa shape index (κ3) is 2.81. The van der Waals surface area contributed by atoms with Gasteiger partial charge >= 0.3 is 0 Å². The highest BCUT2D eigenvalue weighted by Crippen LogP contribution is 2.29. The van der Waals surface area contributed by atoms with Crippen LogP contribution in [0, 0.1) is 0 Å². The highest BCUT2D eigenvalue weighted by atomic mass is 16.5. The summed E-state index contributed by atoms with van der Waals surface area (Å²) in [5, 5.41) is 8.62. The van der Waals surface area contributed by atoms with Crippen molar-refractivity contribution in [3.05, 3.63) is 60.2 Å². The quantitative estimate of drug-likeness (QED) is 0.723. The fraction of sp³-hybridized carbons (Fsp3) is 0.263. The maximum atomic E-state index is 12.9. The third-order valence-electron chi connectivity index (χ3n) is 4.63. The monoisotopic (exact) mass is 349 g/mol. The van der Waals surface area contributed by atoms with Crippen molar-refractivity contribution in [1.82, 2.24) is 24.6 Å². The van der Waals surface area contributed by atoms with E-state index in [-0.39, 0.29) is 11.9 Å². The SMILES string of the molecule is COc1ccc(CN2Cc3nnc(-c4ccncc4)n3[C@@H](C)C2=O)cc1. The predicted octanol–water partition coefficient (Wildman–Crippen LogP) is 2.45. The Kier molecular flexibility index (Phi) is 4.12. The first kappa shape index (κ1) is 16.3. The van der Waals surface area contributed by atoms with Gasteiger partial charge in [0.25, 0.3) is 0 Å². The summed E-state index contributed by atoms with van der Waals surface area (Å²) in [6.07, 6.45) is 3.42. The molecule has 26 heavy (non-hydrogen) atoms. The largest absolute Gasteiger partial charge is 0.497 e. The second-order valence-electron chi connectivity index (χ2n) is 6.26. The zero-order valence-corrected chi connectivity index (χ0v) is 14.7. The standard InChI is InChI=1S/C19H19N5O2/c1-13-19(25)23(11-14-3-5-16(26-2)6-4-14)12-17-21-22-18(24(13)17)15-7-9-20-10-8-15/h3-10,13H,11-12H2,1-2H3/t13-/m0/s1. The molecule has 1 amide bonds. The van der Waals surface area contributed by atoms with Crippen molar-refractivity contribution < 1.29 is 9.53 Å². The molecule has 0 bridgehead atoms. The number of carbonyl (C=O) groups is 1. The van der Waals surface area contributed by atoms with Gasteiger partial charge in [-0.05, 0) is 36.8 Å². The lowest BCUT2D eigenvalue weighted by Crippen LogP contribution is -2.41. The van der Waals surface area contributed by atoms with Crippen molar-refractivity contribution in [2.24, 2.45) is 0 Å². The molecule has 3 aromatic rings. The summed E-state index contributed by atoms with van der Waals surface area (Å²) in [4.78, 5) is 18.8. The number of nitrogens with zero attached hydrogens (tertiary/aromatic N) is 5. The number of rotatable bonds is 4. The van der Waals surface area contributed by atoms with E-state index in [1.165, 1.54) is 0 Å². The lowest BCUT2D eigenvalue weighted by molar-refractivity contribution is -0.137. The van der Waals surface area contributed by atoms with Gasteiger partial charge in [-0.1, -0.05) is 12.1 Å². The summed E-state index contributed by atoms with van der Waals surface area (Å²) in [5.41, 5.74) is 1.95. The highest BCUT2D eigenvalue weighted by Gasteiger charge is 2.33. The van der Waals surface area contributed by atoms with Crippen molar-refractivity contribution in [3.63, 3.8) is 0 Å². The van der Waals surface area contributed by atoms with E-state index in [2.05, 4.69) is 15.2 Å². The van der Waals surface area contributed by atoms with E-state index in [0.717, 1.165) is 22.7 Å². The number of hydrogen-bond donors (Lipinski definition) is 0. The van der Waals surface area contributed by atoms with Crippen LogP contribution in [-0.4, -0.2) is 37.7 Å². The van der Waals surface area contributed by atoms with Crippen molar-refractivity contribution >= 4 is 5.91 Å². The van der Waals surface area contributed by atoms with E-state index in [1.54, 1.807) is 19.5 Å². The Morgan fingerprint density at radius 2 is 1.85 bits per heavy atom. The minimum atomic E-state index is -0.352. The molecule has 0 saturated heterocycles. The van der Waals surface area contributed by atoms with Crippen molar-refractivity contribution in [2.75, 3.05) is 7.11 Å². The molecule has 132 valence electrons. The molecule has 0 N–H and O–H groups in total. The molecule has 3 heterocycles. The van der Waals surface area contributed by atoms with Gasteiger partial charge in [0.05, 0.1) is 13.7 Å². The summed E-state index contributed by atoms with van der Waals surface area (Å²) in [6, 6.07) is 11.1. The summed E-state index contributed by atoms with van der Waals surface area (Å²) < 4.78 is 7.10. The van der Waals surface area contributed by atoms with Gasteiger partial charge in [-0.3, -0.25) is 14.3 Å². The molecule has 0 saturated carbocycles. The molecule has 1 atom stereocenters. The number of amides is 1. The number of ether oxygens (including phenoxy) is 1. The molecule has 1 aromatic carbocycles. The van der Waals surface area contributed by atoms with Crippen LogP contribution < -0.4 is 4.74 Å². The van der Waals surface area contributed by atoms with Gasteiger partial charge in [0.2, 0.25) is 5.91 Å². The van der Waals surface area contributed by atoms with E-state index < -0.39 is 0 Å². The molecule has 0 aliphatic carbocycles. The van der Waals surface area contributed by atoms with Crippen LogP contribution in [0.4, 0.5) is 0 Å². The Hall–Kier alpha value is -3.22. The highest BCUT2D eigenvalue weighted by molar-refractivity contribution is 5.82. The zero-order valence-electron chi connectivity index (χ0n) is 14.7. The van der Waals surface area contributed by atoms with Gasteiger partial charge in [-0.15, -0.1) is 10.2 Å². The number of carbonyl (C=O) groups excluding carboxylic acids is 1. The normalized spacial score (nSPS) is 16.5. The number of hydrogen-bond acceptors (Lipinski definition) is 5. The molecule has 0 radical (unpaired) electrons. The lowest BCUT2D eigenvalue weighted by atomic mass is 10.1. The number of aromatic nitrogens is 4. The van der Waals surface area contributed by atoms with Crippen LogP contribution in [-0.2, 0) is 17.9 Å². The van der Waals surface area contributed by atoms with E-state index in [4.69, 9.17) is 4.74 Å². The van der Waals surface area contributed by atoms with Gasteiger partial charge in [0.15, 0.2) is 11.6 Å². The van der Waals surface area contributed by atoms with Crippen LogP contribution in [0.1, 0.15) is 24.4 Å². The predicted molar refractivity (Wildman–Crippen MR) is 95.2 cm³/mol. The Morgan fingerprint density at radius 3 is 2.54 bits per heavy atom. The molecule has 1 aliphatic rings. The van der Waals surface area contributed by atoms with Crippen LogP contribution in [0.3, 0.4) is 0 Å². The summed E-state index contributed by atoms with van der Waals surface area (Å²) in [5.74, 6) is 2.35. The molecular formula is C19H19N5O2. The molecule has 0 fully saturated rings. The Balaban J connectivity index is 1.61. The van der Waals surface area contributed by atoms with Crippen LogP contribution in [0.15, 0.2) is 48.8 Å². The minimum Gasteiger partial charge on any atom is -0.497 e. The molecule has 0 unspecified atom stereocenters. The summed E-state index contributed by atoms with van der Waals surface area (Å²) >= 11 is 0. The fourth-order valence-corrected chi connectivity index (χ4v) is 3.24. The Bertz CT molecular complexity index is 921. The second kappa shape index (κ2) is 6.59. The average molecular weight is 349 g/mol. The lowest BCUT2D eigenvalue weighted by Gasteiger charge is -2.32. The van der Waals surface area contributed by atoms with Gasteiger partial charge in [-0.25, -0.2) is 0 Å². The number of pyridine rings is 1. The first-order valence-electron chi connectivity index (χ1n) is 8.43. The number of benzene rings is 1. The Morgan fingerprint density at radius 1 is 1.12 bits per heavy atom. The van der Waals surface area contributed by atoms with Gasteiger partial charge in [0.1, 0.15) is 11.8 Å². The van der Waals surface area contributed by atoms with Crippen molar-refractivity contribution in [1.29, 1.82) is 0 Å². The zero-order chi connectivity index (χ0) is 18.1. The Labute approximate surface area is 151 Å². The molecule has 2 aromatic heterocycles. The van der Waals surface area contributed by atoms with Crippen LogP contribution in [0.5, 0.6) is 5.75 Å². The van der Waals surface area contributed by atoms with E-state index in [0.29, 0.717) is 18.9 Å². The van der Waals surface area contributed by atoms with Crippen LogP contribution >= 0.6 is 0 Å². The van der Waals surface area contributed by atoms with Gasteiger partial charge < -0.3 is 9.64 Å². The fourth-order valence-electron chi connectivity index (χ4n) is 3.24. The molecule has 7 nitrogen and oxygen atoms in total. The summed E-state index contributed by atoms with van der Waals surface area (Å²) in [7, 11) is 1.64. The minimum absolute atomic E-state index is 0.0587. The van der Waals surface area contributed by atoms with E-state index in [1.807, 2.05) is 52.8 Å². The second-order valence-corrected chi connectivity index (χ2v) is 6.26. The van der Waals surface area contributed by atoms with E-state index >= 15 is 0 Å². The van der Waals surface area contributed by atoms with Crippen molar-refractivity contribution in [2.45, 2.75) is 26.1 Å². The smallest absolute Gasteiger partial charge is 0.246 e. The molecule has 1 aliphatic heterocycles. The number of fused-ring (bicyclic) bond motifs is 1. The first-order chi connectivity index (χ1) is 12.7. The van der Waals surface area contributed by atoms with Crippen LogP contribution in [0.2, 0.25) is 0 Å². The topological polar surface area (TPSA) is 73.1 Å². The maximum absolute atomic E-state index is 12.9. The molecule has 0 spiro atoms. The molecular weight excluding hydrogens is 330 g/mol. The van der Waals surface area contributed by atoms with Crippen LogP contribution in [0.25, 0.3) is 11.4 Å². The summed E-state index contributed by atoms with van der Waals surface area (Å²) in [6.45, 7) is 2.86. The van der Waals surface area contributed by atoms with Crippen molar-refractivity contribution in [3.8, 4) is 17.1 Å². The maximum Gasteiger partial charge on any atom is 0.246 e. The van der Waals surface area contributed by atoms with E-state index in [9.17, 15) is 4.79 Å². The third-order valence-corrected chi connectivity index (χ3v) is 4.63. The van der Waals surface area contributed by atoms with Gasteiger partial charge in [0, 0.05) is 24.5 Å².